The van der Waals surface area contributed by atoms with E-state index in [9.17, 15) is 4.79 Å². The number of rotatable bonds is 4. The van der Waals surface area contributed by atoms with Crippen LogP contribution in [0.4, 0.5) is 4.79 Å². The van der Waals surface area contributed by atoms with E-state index in [1.54, 1.807) is 23.5 Å². The van der Waals surface area contributed by atoms with E-state index < -0.39 is 6.09 Å². The minimum Gasteiger partial charge on any atom is -0.323 e. The van der Waals surface area contributed by atoms with Crippen molar-refractivity contribution in [2.24, 2.45) is 5.16 Å². The molecule has 14 heavy (non-hydrogen) atoms. The average Bonchev–Trinajstić information content (AvgIpc) is 2.23. The van der Waals surface area contributed by atoms with Gasteiger partial charge in [0, 0.05) is 7.05 Å². The molecule has 0 aliphatic heterocycles. The van der Waals surface area contributed by atoms with Crippen LogP contribution in [0, 0.1) is 0 Å². The summed E-state index contributed by atoms with van der Waals surface area (Å²) in [6, 6.07) is 0. The predicted molar refractivity (Wildman–Crippen MR) is 64.1 cm³/mol. The minimum atomic E-state index is -0.547. The maximum atomic E-state index is 10.8. The van der Waals surface area contributed by atoms with Gasteiger partial charge in [-0.25, -0.2) is 4.79 Å². The van der Waals surface area contributed by atoms with Gasteiger partial charge in [0.1, 0.15) is 0 Å². The fourth-order valence-electron chi connectivity index (χ4n) is 0.617. The summed E-state index contributed by atoms with van der Waals surface area (Å²) < 4.78 is -0.145. The highest BCUT2D eigenvalue weighted by Gasteiger charge is 2.26. The van der Waals surface area contributed by atoms with Gasteiger partial charge in [-0.15, -0.1) is 23.5 Å². The van der Waals surface area contributed by atoms with Gasteiger partial charge in [-0.2, -0.15) is 0 Å². The Kier molecular flexibility index (Phi) is 6.03. The lowest BCUT2D eigenvalue weighted by Gasteiger charge is -2.23. The smallest absolute Gasteiger partial charge is 0.323 e. The molecule has 0 aromatic carbocycles. The van der Waals surface area contributed by atoms with Crippen LogP contribution in [0.15, 0.2) is 5.16 Å². The molecule has 1 N–H and O–H groups in total. The summed E-state index contributed by atoms with van der Waals surface area (Å²) in [4.78, 5) is 15.4. The molecule has 0 saturated carbocycles. The lowest BCUT2D eigenvalue weighted by molar-refractivity contribution is 0.152. The molecule has 0 fully saturated rings. The van der Waals surface area contributed by atoms with Crippen LogP contribution in [-0.4, -0.2) is 35.4 Å². The topological polar surface area (TPSA) is 50.7 Å². The zero-order valence-electron chi connectivity index (χ0n) is 9.08. The first-order valence-corrected chi connectivity index (χ1v) is 6.49. The third kappa shape index (κ3) is 3.79. The fourth-order valence-corrected chi connectivity index (χ4v) is 1.95. The first-order chi connectivity index (χ1) is 6.50. The monoisotopic (exact) mass is 236 g/mol. The Balaban J connectivity index is 4.42. The average molecular weight is 236 g/mol. The number of oxime groups is 1. The first-order valence-electron chi connectivity index (χ1n) is 4.04. The Hall–Kier alpha value is -0.360. The van der Waals surface area contributed by atoms with E-state index in [1.807, 2.05) is 26.4 Å². The van der Waals surface area contributed by atoms with Crippen molar-refractivity contribution in [3.8, 4) is 0 Å². The van der Waals surface area contributed by atoms with E-state index in [-0.39, 0.29) is 4.08 Å². The van der Waals surface area contributed by atoms with E-state index in [2.05, 4.69) is 15.3 Å². The standard InChI is InChI=1S/C8H16N2O2S2/c1-6(8(2,13-4)14-5)10-12-7(11)9-3/h1-5H3,(H,9,11)/b10-6+. The second-order valence-electron chi connectivity index (χ2n) is 2.66. The van der Waals surface area contributed by atoms with Crippen molar-refractivity contribution in [1.29, 1.82) is 0 Å². The van der Waals surface area contributed by atoms with Gasteiger partial charge in [-0.1, -0.05) is 5.16 Å². The van der Waals surface area contributed by atoms with Gasteiger partial charge in [-0.05, 0) is 26.4 Å². The molecule has 0 spiro atoms. The molecule has 1 amide bonds. The van der Waals surface area contributed by atoms with Gasteiger partial charge in [-0.3, -0.25) is 4.84 Å². The van der Waals surface area contributed by atoms with E-state index >= 15 is 0 Å². The van der Waals surface area contributed by atoms with Crippen molar-refractivity contribution >= 4 is 35.3 Å². The number of nitrogens with one attached hydrogen (secondary N) is 1. The molecule has 0 radical (unpaired) electrons. The van der Waals surface area contributed by atoms with Crippen molar-refractivity contribution in [3.05, 3.63) is 0 Å². The van der Waals surface area contributed by atoms with Crippen LogP contribution in [0.25, 0.3) is 0 Å². The van der Waals surface area contributed by atoms with Crippen LogP contribution >= 0.6 is 23.5 Å². The van der Waals surface area contributed by atoms with E-state index in [0.29, 0.717) is 0 Å². The van der Waals surface area contributed by atoms with Gasteiger partial charge in [0.2, 0.25) is 0 Å². The summed E-state index contributed by atoms with van der Waals surface area (Å²) >= 11 is 3.32. The number of carbonyl (C=O) groups excluding carboxylic acids is 1. The van der Waals surface area contributed by atoms with E-state index in [0.717, 1.165) is 5.71 Å². The zero-order chi connectivity index (χ0) is 11.2. The lowest BCUT2D eigenvalue weighted by Crippen LogP contribution is -2.26. The molecule has 0 rings (SSSR count). The van der Waals surface area contributed by atoms with Gasteiger partial charge >= 0.3 is 6.09 Å². The molecule has 0 saturated heterocycles. The molecular formula is C8H16N2O2S2. The molecule has 0 heterocycles. The number of amides is 1. The number of carbonyl (C=O) groups is 1. The molecule has 0 aromatic heterocycles. The summed E-state index contributed by atoms with van der Waals surface area (Å²) in [5.74, 6) is 0. The van der Waals surface area contributed by atoms with E-state index in [4.69, 9.17) is 0 Å². The Bertz CT molecular complexity index is 227. The molecule has 0 atom stereocenters. The zero-order valence-corrected chi connectivity index (χ0v) is 10.7. The van der Waals surface area contributed by atoms with Crippen molar-refractivity contribution in [2.75, 3.05) is 19.6 Å². The Morgan fingerprint density at radius 3 is 2.29 bits per heavy atom. The van der Waals surface area contributed by atoms with Crippen LogP contribution in [0.2, 0.25) is 0 Å². The third-order valence-electron chi connectivity index (χ3n) is 1.91. The van der Waals surface area contributed by atoms with Gasteiger partial charge < -0.3 is 5.32 Å². The van der Waals surface area contributed by atoms with Crippen LogP contribution in [0.3, 0.4) is 0 Å². The molecule has 0 aromatic rings. The summed E-state index contributed by atoms with van der Waals surface area (Å²) in [6.07, 6.45) is 3.44. The maximum Gasteiger partial charge on any atom is 0.433 e. The van der Waals surface area contributed by atoms with Crippen LogP contribution < -0.4 is 5.32 Å². The second kappa shape index (κ2) is 6.19. The lowest BCUT2D eigenvalue weighted by atomic mass is 10.3. The van der Waals surface area contributed by atoms with Gasteiger partial charge in [0.15, 0.2) is 0 Å². The van der Waals surface area contributed by atoms with Crippen molar-refractivity contribution in [2.45, 2.75) is 17.9 Å². The maximum absolute atomic E-state index is 10.8. The van der Waals surface area contributed by atoms with Crippen LogP contribution in [0.5, 0.6) is 0 Å². The van der Waals surface area contributed by atoms with Crippen molar-refractivity contribution in [1.82, 2.24) is 5.32 Å². The van der Waals surface area contributed by atoms with Crippen LogP contribution in [-0.2, 0) is 4.84 Å². The molecule has 0 bridgehead atoms. The molecule has 0 aliphatic rings. The summed E-state index contributed by atoms with van der Waals surface area (Å²) in [5.41, 5.74) is 0.779. The fraction of sp³-hybridized carbons (Fsp3) is 0.750. The van der Waals surface area contributed by atoms with Crippen molar-refractivity contribution < 1.29 is 9.63 Å². The minimum absolute atomic E-state index is 0.145. The molecule has 4 nitrogen and oxygen atoms in total. The molecule has 6 heteroatoms. The Morgan fingerprint density at radius 1 is 1.43 bits per heavy atom. The SMILES string of the molecule is CNC(=O)O/N=C(\C)C(C)(SC)SC. The first kappa shape index (κ1) is 13.6. The molecule has 0 unspecified atom stereocenters. The van der Waals surface area contributed by atoms with Crippen molar-refractivity contribution in [3.63, 3.8) is 0 Å². The second-order valence-corrected chi connectivity index (χ2v) is 5.37. The largest absolute Gasteiger partial charge is 0.433 e. The Labute approximate surface area is 93.2 Å². The normalized spacial score (nSPS) is 12.5. The molecule has 0 aliphatic carbocycles. The number of nitrogens with zero attached hydrogens (tertiary/aromatic N) is 1. The van der Waals surface area contributed by atoms with Gasteiger partial charge in [0.25, 0.3) is 0 Å². The molecular weight excluding hydrogens is 220 g/mol. The number of hydrogen-bond acceptors (Lipinski definition) is 5. The Morgan fingerprint density at radius 2 is 1.93 bits per heavy atom. The third-order valence-corrected chi connectivity index (χ3v) is 5.05. The highest BCUT2D eigenvalue weighted by Crippen LogP contribution is 2.34. The summed E-state index contributed by atoms with van der Waals surface area (Å²) in [5, 5.41) is 6.10. The molecule has 82 valence electrons. The quantitative estimate of drug-likeness (QED) is 0.352. The highest BCUT2D eigenvalue weighted by molar-refractivity contribution is 8.18. The van der Waals surface area contributed by atoms with Gasteiger partial charge in [0.05, 0.1) is 9.79 Å². The number of hydrogen-bond donors (Lipinski definition) is 1. The summed E-state index contributed by atoms with van der Waals surface area (Å²) in [6.45, 7) is 3.88. The van der Waals surface area contributed by atoms with E-state index in [1.165, 1.54) is 7.05 Å². The number of thioether (sulfide) groups is 2. The predicted octanol–water partition coefficient (Wildman–Crippen LogP) is 2.16. The summed E-state index contributed by atoms with van der Waals surface area (Å²) in [7, 11) is 1.50. The highest BCUT2D eigenvalue weighted by atomic mass is 32.2. The van der Waals surface area contributed by atoms with Crippen LogP contribution in [0.1, 0.15) is 13.8 Å².